The van der Waals surface area contributed by atoms with E-state index in [1.165, 1.54) is 5.56 Å². The highest BCUT2D eigenvalue weighted by Gasteiger charge is 2.32. The Balaban J connectivity index is 1.26. The van der Waals surface area contributed by atoms with E-state index >= 15 is 0 Å². The largest absolute Gasteiger partial charge is 0.508 e. The Bertz CT molecular complexity index is 2190. The van der Waals surface area contributed by atoms with Gasteiger partial charge >= 0.3 is 6.09 Å². The first kappa shape index (κ1) is 34.9. The number of fused-ring (bicyclic) bond motifs is 2. The van der Waals surface area contributed by atoms with Crippen molar-refractivity contribution < 1.29 is 24.2 Å². The lowest BCUT2D eigenvalue weighted by Crippen LogP contribution is -2.43. The molecule has 0 spiro atoms. The number of hydrogen-bond acceptors (Lipinski definition) is 6. The van der Waals surface area contributed by atoms with E-state index in [1.54, 1.807) is 58.9 Å². The van der Waals surface area contributed by atoms with Gasteiger partial charge in [-0.25, -0.2) is 4.79 Å². The average molecular weight is 715 g/mol. The number of aromatic hydroxyl groups is 1. The van der Waals surface area contributed by atoms with Crippen LogP contribution >= 0.6 is 11.8 Å². The minimum Gasteiger partial charge on any atom is -0.508 e. The van der Waals surface area contributed by atoms with Gasteiger partial charge in [0.25, 0.3) is 11.8 Å². The maximum atomic E-state index is 14.8. The van der Waals surface area contributed by atoms with Gasteiger partial charge in [-0.2, -0.15) is 0 Å². The number of anilines is 1. The second-order valence-corrected chi connectivity index (χ2v) is 14.5. The smallest absolute Gasteiger partial charge is 0.415 e. The molecule has 3 heterocycles. The summed E-state index contributed by atoms with van der Waals surface area (Å²) in [5, 5.41) is 9.77. The summed E-state index contributed by atoms with van der Waals surface area (Å²) >= 11 is 1.58. The van der Waals surface area contributed by atoms with Gasteiger partial charge in [0.15, 0.2) is 0 Å². The van der Waals surface area contributed by atoms with Gasteiger partial charge in [-0.05, 0) is 116 Å². The van der Waals surface area contributed by atoms with Crippen molar-refractivity contribution in [1.82, 2.24) is 14.4 Å². The van der Waals surface area contributed by atoms with E-state index in [2.05, 4.69) is 25.1 Å². The lowest BCUT2D eigenvalue weighted by atomic mass is 9.90. The normalized spacial score (nSPS) is 15.1. The van der Waals surface area contributed by atoms with Crippen LogP contribution in [0.4, 0.5) is 10.5 Å². The molecule has 0 saturated heterocycles. The van der Waals surface area contributed by atoms with Gasteiger partial charge in [-0.1, -0.05) is 30.3 Å². The minimum atomic E-state index is -0.430. The third kappa shape index (κ3) is 6.66. The number of phenolic OH excluding ortho intramolecular Hbond substituents is 1. The quantitative estimate of drug-likeness (QED) is 0.180. The van der Waals surface area contributed by atoms with Gasteiger partial charge in [0.05, 0.1) is 5.56 Å². The molecule has 4 aromatic carbocycles. The molecule has 2 aliphatic rings. The Kier molecular flexibility index (Phi) is 9.59. The third-order valence-corrected chi connectivity index (χ3v) is 11.2. The number of thioether (sulfide) groups is 1. The van der Waals surface area contributed by atoms with Crippen molar-refractivity contribution in [3.63, 3.8) is 0 Å². The number of amides is 3. The molecule has 0 saturated carbocycles. The number of aromatic nitrogens is 1. The van der Waals surface area contributed by atoms with Crippen LogP contribution in [0.1, 0.15) is 55.6 Å². The predicted octanol–water partition coefficient (Wildman–Crippen LogP) is 7.85. The average Bonchev–Trinajstić information content (AvgIpc) is 3.46. The van der Waals surface area contributed by atoms with E-state index in [1.807, 2.05) is 72.2 Å². The van der Waals surface area contributed by atoms with Crippen LogP contribution in [-0.4, -0.2) is 63.3 Å². The summed E-state index contributed by atoms with van der Waals surface area (Å²) in [7, 11) is 3.62. The summed E-state index contributed by atoms with van der Waals surface area (Å²) in [4.78, 5) is 48.3. The lowest BCUT2D eigenvalue weighted by Gasteiger charge is -2.36. The third-order valence-electron chi connectivity index (χ3n) is 10.4. The number of phenols is 1. The molecule has 1 aromatic heterocycles. The van der Waals surface area contributed by atoms with Gasteiger partial charge in [-0.3, -0.25) is 9.59 Å². The van der Waals surface area contributed by atoms with Crippen molar-refractivity contribution in [3.8, 4) is 22.8 Å². The molecule has 9 nitrogen and oxygen atoms in total. The molecule has 7 rings (SSSR count). The second kappa shape index (κ2) is 14.3. The highest BCUT2D eigenvalue weighted by molar-refractivity contribution is 7.98. The first-order valence-electron chi connectivity index (χ1n) is 17.4. The fraction of sp³-hybridized carbons (Fsp3) is 0.262. The Morgan fingerprint density at radius 3 is 2.37 bits per heavy atom. The first-order valence-corrected chi connectivity index (χ1v) is 18.6. The molecule has 0 bridgehead atoms. The zero-order chi connectivity index (χ0) is 36.7. The molecular weight excluding hydrogens is 673 g/mol. The number of hydrogen-bond donors (Lipinski definition) is 1. The summed E-state index contributed by atoms with van der Waals surface area (Å²) in [6.07, 6.45) is 2.89. The van der Waals surface area contributed by atoms with Crippen LogP contribution in [0.15, 0.2) is 95.9 Å². The molecule has 266 valence electrons. The number of ether oxygens (including phenoxy) is 1. The Morgan fingerprint density at radius 2 is 1.62 bits per heavy atom. The van der Waals surface area contributed by atoms with E-state index < -0.39 is 6.09 Å². The van der Waals surface area contributed by atoms with E-state index in [0.29, 0.717) is 48.6 Å². The maximum absolute atomic E-state index is 14.8. The van der Waals surface area contributed by atoms with Gasteiger partial charge in [0, 0.05) is 72.9 Å². The lowest BCUT2D eigenvalue weighted by molar-refractivity contribution is 0.0658. The molecule has 5 aromatic rings. The Morgan fingerprint density at radius 1 is 0.865 bits per heavy atom. The van der Waals surface area contributed by atoms with Crippen LogP contribution in [0.25, 0.3) is 11.3 Å². The van der Waals surface area contributed by atoms with Crippen molar-refractivity contribution in [2.24, 2.45) is 7.05 Å². The fourth-order valence-corrected chi connectivity index (χ4v) is 7.69. The second-order valence-electron chi connectivity index (χ2n) is 13.6. The highest BCUT2D eigenvalue weighted by atomic mass is 32.2. The van der Waals surface area contributed by atoms with Crippen molar-refractivity contribution >= 4 is 35.4 Å². The van der Waals surface area contributed by atoms with E-state index in [-0.39, 0.29) is 23.6 Å². The summed E-state index contributed by atoms with van der Waals surface area (Å²) in [5.74, 6) is 0.323. The molecule has 10 heteroatoms. The van der Waals surface area contributed by atoms with Crippen LogP contribution in [0.5, 0.6) is 11.5 Å². The summed E-state index contributed by atoms with van der Waals surface area (Å²) in [6, 6.07) is 28.1. The van der Waals surface area contributed by atoms with Crippen LogP contribution in [0, 0.1) is 6.92 Å². The van der Waals surface area contributed by atoms with Gasteiger partial charge < -0.3 is 29.1 Å². The number of carbonyl (C=O) groups is 3. The molecule has 2 aliphatic heterocycles. The van der Waals surface area contributed by atoms with Gasteiger partial charge in [0.1, 0.15) is 11.5 Å². The molecule has 0 aliphatic carbocycles. The zero-order valence-electron chi connectivity index (χ0n) is 30.1. The standard InChI is InChI=1S/C42H42N4O5S/c1-26-19-28-9-6-7-10-30(28)25-46(26)41(49)38-21-31-24-45(42(50)51-34-11-8-12-35(22-34)52-5)18-17-29(31)20-37(38)39-23-36(27(2)43(39)3)40(48)44(4)32-13-15-33(47)16-14-32/h6-16,20-23,26,47H,17-19,24-25H2,1-5H3/t26-/m1/s1. The van der Waals surface area contributed by atoms with Crippen molar-refractivity contribution in [2.45, 2.75) is 50.7 Å². The number of nitrogens with zero attached hydrogens (tertiary/aromatic N) is 4. The molecular formula is C42H42N4O5S. The van der Waals surface area contributed by atoms with E-state index in [0.717, 1.165) is 45.0 Å². The SMILES string of the molecule is CSc1cccc(OC(=O)N2CCc3cc(-c4cc(C(=O)N(C)c5ccc(O)cc5)c(C)n4C)c(C(=O)N4Cc5ccccc5C[C@H]4C)cc3C2)c1. The van der Waals surface area contributed by atoms with Crippen LogP contribution in [-0.2, 0) is 33.0 Å². The Labute approximate surface area is 308 Å². The van der Waals surface area contributed by atoms with Crippen LogP contribution < -0.4 is 9.64 Å². The molecule has 0 radical (unpaired) electrons. The molecule has 1 N–H and O–H groups in total. The first-order chi connectivity index (χ1) is 25.0. The maximum Gasteiger partial charge on any atom is 0.415 e. The van der Waals surface area contributed by atoms with Crippen LogP contribution in [0.2, 0.25) is 0 Å². The topological polar surface area (TPSA) is 95.3 Å². The number of benzene rings is 4. The predicted molar refractivity (Wildman–Crippen MR) is 204 cm³/mol. The van der Waals surface area contributed by atoms with Crippen molar-refractivity contribution in [2.75, 3.05) is 24.7 Å². The summed E-state index contributed by atoms with van der Waals surface area (Å²) < 4.78 is 7.76. The Hall–Kier alpha value is -5.48. The molecule has 0 unspecified atom stereocenters. The monoisotopic (exact) mass is 714 g/mol. The number of rotatable bonds is 6. The number of carbonyl (C=O) groups excluding carboxylic acids is 3. The van der Waals surface area contributed by atoms with Gasteiger partial charge in [-0.15, -0.1) is 11.8 Å². The highest BCUT2D eigenvalue weighted by Crippen LogP contribution is 2.36. The van der Waals surface area contributed by atoms with Crippen molar-refractivity contribution in [3.05, 3.63) is 130 Å². The van der Waals surface area contributed by atoms with Crippen molar-refractivity contribution in [1.29, 1.82) is 0 Å². The summed E-state index contributed by atoms with van der Waals surface area (Å²) in [5.41, 5.74) is 8.29. The molecule has 0 fully saturated rings. The zero-order valence-corrected chi connectivity index (χ0v) is 30.9. The van der Waals surface area contributed by atoms with Gasteiger partial charge in [0.2, 0.25) is 0 Å². The minimum absolute atomic E-state index is 0.0268. The van der Waals surface area contributed by atoms with Crippen LogP contribution in [0.3, 0.4) is 0 Å². The molecule has 3 amide bonds. The van der Waals surface area contributed by atoms with E-state index in [4.69, 9.17) is 4.74 Å². The fourth-order valence-electron chi connectivity index (χ4n) is 7.24. The summed E-state index contributed by atoms with van der Waals surface area (Å²) in [6.45, 7) is 5.26. The molecule has 1 atom stereocenters. The molecule has 52 heavy (non-hydrogen) atoms. The van der Waals surface area contributed by atoms with E-state index in [9.17, 15) is 19.5 Å².